The van der Waals surface area contributed by atoms with Gasteiger partial charge in [0.1, 0.15) is 29.4 Å². The highest BCUT2D eigenvalue weighted by Gasteiger charge is 2.63. The van der Waals surface area contributed by atoms with Crippen molar-refractivity contribution in [3.8, 4) is 5.75 Å². The Morgan fingerprint density at radius 1 is 1.18 bits per heavy atom. The van der Waals surface area contributed by atoms with Gasteiger partial charge in [-0.05, 0) is 38.2 Å². The van der Waals surface area contributed by atoms with Crippen molar-refractivity contribution in [2.45, 2.75) is 34.8 Å². The minimum Gasteiger partial charge on any atom is -0.510 e. The number of ketones is 2. The number of hydrogen-bond acceptors (Lipinski definition) is 8. The van der Waals surface area contributed by atoms with E-state index in [-0.39, 0.29) is 29.9 Å². The van der Waals surface area contributed by atoms with E-state index in [4.69, 9.17) is 22.1 Å². The number of thiol groups is 1. The Balaban J connectivity index is 1.63. The fraction of sp³-hybridized carbons (Fsp3) is 0.296. The molecule has 9 nitrogen and oxygen atoms in total. The standard InChI is InChI=1S/C27H26ClN2O7S/c1-30(2)20-13-10-16-18(24(33)27(13,36)25(34)19(22(20)32)26(29)35)21(31)17-15(9-8-14(28)23(17)38-16)37-11-12-6-4-3-5-7-12/h3-9,13,16,20,32-33,36,38H,10-11H2,1-2H3,(H2,29,35). The van der Waals surface area contributed by atoms with Crippen LogP contribution in [0.3, 0.4) is 0 Å². The van der Waals surface area contributed by atoms with Crippen LogP contribution < -0.4 is 10.5 Å². The van der Waals surface area contributed by atoms with Gasteiger partial charge in [-0.25, -0.2) is 0 Å². The Labute approximate surface area is 227 Å². The molecule has 1 radical (unpaired) electrons. The number of halogens is 1. The molecule has 4 atom stereocenters. The van der Waals surface area contributed by atoms with Crippen LogP contribution in [0.2, 0.25) is 5.02 Å². The van der Waals surface area contributed by atoms with Gasteiger partial charge in [-0.3, -0.25) is 19.3 Å². The van der Waals surface area contributed by atoms with Gasteiger partial charge >= 0.3 is 0 Å². The smallest absolute Gasteiger partial charge is 0.255 e. The van der Waals surface area contributed by atoms with Gasteiger partial charge in [-0.1, -0.05) is 41.9 Å². The summed E-state index contributed by atoms with van der Waals surface area (Å²) in [5.74, 6) is -5.36. The van der Waals surface area contributed by atoms with Crippen LogP contribution in [-0.2, 0) is 16.2 Å². The number of nitrogens with zero attached hydrogens (tertiary/aromatic N) is 1. The van der Waals surface area contributed by atoms with Crippen LogP contribution in [-0.4, -0.2) is 68.7 Å². The molecule has 1 aliphatic heterocycles. The fourth-order valence-corrected chi connectivity index (χ4v) is 7.46. The number of fused-ring (bicyclic) bond motifs is 3. The lowest BCUT2D eigenvalue weighted by Gasteiger charge is -2.50. The average Bonchev–Trinajstić information content (AvgIpc) is 2.86. The summed E-state index contributed by atoms with van der Waals surface area (Å²) in [6.07, 6.45) is 0.0404. The molecule has 199 valence electrons. The predicted molar refractivity (Wildman–Crippen MR) is 142 cm³/mol. The Hall–Kier alpha value is -3.31. The van der Waals surface area contributed by atoms with E-state index in [0.717, 1.165) is 5.56 Å². The number of benzene rings is 2. The van der Waals surface area contributed by atoms with E-state index in [9.17, 15) is 29.7 Å². The molecular weight excluding hydrogens is 532 g/mol. The highest BCUT2D eigenvalue weighted by Crippen LogP contribution is 2.55. The SMILES string of the molecule is CN(C)C1C(O)=C(C(N)=O)C(=O)C2(O)C(O)=C3C(=O)c4c(OCc5ccccc5)ccc(Cl)c4[SH]C3CC12. The lowest BCUT2D eigenvalue weighted by Crippen LogP contribution is -2.64. The number of likely N-dealkylation sites (N-methyl/N-ethyl adjacent to an activating group) is 1. The largest absolute Gasteiger partial charge is 0.510 e. The first-order valence-electron chi connectivity index (χ1n) is 11.8. The number of Topliss-reactive ketones (excluding diaryl/α,β-unsaturated/α-hetero) is 2. The third kappa shape index (κ3) is 3.82. The van der Waals surface area contributed by atoms with Crippen LogP contribution in [0.1, 0.15) is 22.3 Å². The number of aliphatic hydroxyl groups excluding tert-OH is 2. The zero-order chi connectivity index (χ0) is 27.5. The van der Waals surface area contributed by atoms with Crippen LogP contribution in [0.4, 0.5) is 0 Å². The Kier molecular flexibility index (Phi) is 6.55. The second-order valence-corrected chi connectivity index (χ2v) is 11.5. The summed E-state index contributed by atoms with van der Waals surface area (Å²) in [5, 5.41) is 33.6. The molecule has 0 saturated carbocycles. The molecule has 0 spiro atoms. The van der Waals surface area contributed by atoms with Crippen LogP contribution in [0.15, 0.2) is 70.0 Å². The summed E-state index contributed by atoms with van der Waals surface area (Å²) in [6, 6.07) is 11.5. The van der Waals surface area contributed by atoms with E-state index in [0.29, 0.717) is 21.7 Å². The number of ether oxygens (including phenoxy) is 1. The molecule has 2 aromatic rings. The maximum absolute atomic E-state index is 13.9. The van der Waals surface area contributed by atoms with E-state index < -0.39 is 57.4 Å². The van der Waals surface area contributed by atoms with Gasteiger partial charge in [0.15, 0.2) is 11.4 Å². The third-order valence-corrected chi connectivity index (χ3v) is 9.29. The van der Waals surface area contributed by atoms with E-state index in [2.05, 4.69) is 0 Å². The summed E-state index contributed by atoms with van der Waals surface area (Å²) < 4.78 is 5.97. The molecule has 38 heavy (non-hydrogen) atoms. The van der Waals surface area contributed by atoms with E-state index in [1.54, 1.807) is 26.2 Å². The molecule has 1 heterocycles. The van der Waals surface area contributed by atoms with E-state index >= 15 is 0 Å². The minimum atomic E-state index is -2.64. The van der Waals surface area contributed by atoms with Gasteiger partial charge in [0.05, 0.1) is 22.2 Å². The molecule has 0 aromatic heterocycles. The number of carbonyl (C=O) groups excluding carboxylic acids is 3. The first-order valence-corrected chi connectivity index (χ1v) is 13.2. The summed E-state index contributed by atoms with van der Waals surface area (Å²) in [6.45, 7) is 0.175. The monoisotopic (exact) mass is 557 g/mol. The number of nitrogens with two attached hydrogens (primary N) is 1. The van der Waals surface area contributed by atoms with Gasteiger partial charge < -0.3 is 25.8 Å². The highest BCUT2D eigenvalue weighted by atomic mass is 35.5. The molecular formula is C27H26ClN2O7S. The first-order chi connectivity index (χ1) is 18.0. The van der Waals surface area contributed by atoms with Crippen molar-refractivity contribution in [1.82, 2.24) is 4.90 Å². The van der Waals surface area contributed by atoms with Crippen molar-refractivity contribution < 1.29 is 34.4 Å². The molecule has 0 saturated heterocycles. The van der Waals surface area contributed by atoms with Crippen molar-refractivity contribution in [3.05, 3.63) is 81.3 Å². The molecule has 11 heteroatoms. The lowest BCUT2D eigenvalue weighted by molar-refractivity contribution is -0.147. The predicted octanol–water partition coefficient (Wildman–Crippen LogP) is 2.68. The van der Waals surface area contributed by atoms with Crippen molar-refractivity contribution >= 4 is 40.8 Å². The molecule has 5 N–H and O–H groups in total. The van der Waals surface area contributed by atoms with Crippen LogP contribution in [0.5, 0.6) is 5.75 Å². The highest BCUT2D eigenvalue weighted by molar-refractivity contribution is 8.00. The molecule has 1 amide bonds. The van der Waals surface area contributed by atoms with E-state index in [1.165, 1.54) is 4.90 Å². The Morgan fingerprint density at radius 3 is 2.50 bits per heavy atom. The normalized spacial score (nSPS) is 26.7. The molecule has 2 aromatic carbocycles. The van der Waals surface area contributed by atoms with Gasteiger partial charge in [0.25, 0.3) is 5.91 Å². The lowest BCUT2D eigenvalue weighted by atomic mass is 9.63. The topological polar surface area (TPSA) is 150 Å². The molecule has 0 bridgehead atoms. The van der Waals surface area contributed by atoms with Crippen molar-refractivity contribution in [2.75, 3.05) is 14.1 Å². The maximum Gasteiger partial charge on any atom is 0.255 e. The Morgan fingerprint density at radius 2 is 1.87 bits per heavy atom. The van der Waals surface area contributed by atoms with E-state index in [1.807, 2.05) is 30.3 Å². The Bertz CT molecular complexity index is 1440. The minimum absolute atomic E-state index is 0.0404. The fourth-order valence-electron chi connectivity index (χ4n) is 5.60. The second kappa shape index (κ2) is 9.46. The summed E-state index contributed by atoms with van der Waals surface area (Å²) in [7, 11) is 3.19. The molecule has 5 rings (SSSR count). The van der Waals surface area contributed by atoms with Crippen LogP contribution in [0, 0.1) is 5.92 Å². The number of aliphatic hydroxyl groups is 3. The number of rotatable bonds is 5. The number of hydrogen-bond donors (Lipinski definition) is 5. The quantitative estimate of drug-likeness (QED) is 0.278. The summed E-state index contributed by atoms with van der Waals surface area (Å²) in [5.41, 5.74) is 2.79. The molecule has 3 aliphatic rings. The van der Waals surface area contributed by atoms with Crippen molar-refractivity contribution in [3.63, 3.8) is 0 Å². The van der Waals surface area contributed by atoms with Crippen LogP contribution in [0.25, 0.3) is 0 Å². The van der Waals surface area contributed by atoms with Crippen molar-refractivity contribution in [2.24, 2.45) is 11.7 Å². The summed E-state index contributed by atoms with van der Waals surface area (Å²) in [4.78, 5) is 41.4. The third-order valence-electron chi connectivity index (χ3n) is 7.34. The molecule has 4 unspecified atom stereocenters. The summed E-state index contributed by atoms with van der Waals surface area (Å²) >= 11 is 7.06. The number of primary amides is 1. The molecule has 0 fully saturated rings. The molecule has 2 aliphatic carbocycles. The average molecular weight is 558 g/mol. The van der Waals surface area contributed by atoms with Crippen molar-refractivity contribution in [1.29, 1.82) is 0 Å². The van der Waals surface area contributed by atoms with Gasteiger partial charge in [-0.2, -0.15) is 11.8 Å². The zero-order valence-corrected chi connectivity index (χ0v) is 22.2. The van der Waals surface area contributed by atoms with Gasteiger partial charge in [0, 0.05) is 16.1 Å². The van der Waals surface area contributed by atoms with Gasteiger partial charge in [0.2, 0.25) is 5.78 Å². The zero-order valence-electron chi connectivity index (χ0n) is 20.5. The maximum atomic E-state index is 13.9. The first kappa shape index (κ1) is 26.3. The number of amides is 1. The number of carbonyl (C=O) groups is 3. The van der Waals surface area contributed by atoms with Crippen LogP contribution >= 0.6 is 23.4 Å². The van der Waals surface area contributed by atoms with Gasteiger partial charge in [-0.15, -0.1) is 0 Å². The second-order valence-electron chi connectivity index (χ2n) is 9.75.